The molecule has 2 heterocycles. The zero-order valence-corrected chi connectivity index (χ0v) is 11.0. The maximum absolute atomic E-state index is 6.04. The first-order chi connectivity index (χ1) is 9.34. The van der Waals surface area contributed by atoms with E-state index in [1.807, 2.05) is 30.6 Å². The minimum atomic E-state index is 0.480. The standard InChI is InChI=1S/C16H19N3/c17-15-7-2-1-5-14(15)12-19-10-4-8-16(19)13-6-3-9-18-11-13/h1-3,5-7,9,11,16H,4,8,10,12,17H2. The number of para-hydroxylation sites is 1. The maximum Gasteiger partial charge on any atom is 0.0367 e. The van der Waals surface area contributed by atoms with Crippen molar-refractivity contribution in [1.29, 1.82) is 0 Å². The van der Waals surface area contributed by atoms with Crippen molar-refractivity contribution in [1.82, 2.24) is 9.88 Å². The molecule has 2 aromatic rings. The van der Waals surface area contributed by atoms with Crippen LogP contribution in [0.3, 0.4) is 0 Å². The third kappa shape index (κ3) is 2.61. The van der Waals surface area contributed by atoms with Crippen LogP contribution in [0.15, 0.2) is 48.8 Å². The van der Waals surface area contributed by atoms with E-state index in [9.17, 15) is 0 Å². The van der Waals surface area contributed by atoms with Crippen molar-refractivity contribution in [2.45, 2.75) is 25.4 Å². The van der Waals surface area contributed by atoms with E-state index < -0.39 is 0 Å². The van der Waals surface area contributed by atoms with Crippen molar-refractivity contribution in [2.75, 3.05) is 12.3 Å². The number of nitrogen functional groups attached to an aromatic ring is 1. The fraction of sp³-hybridized carbons (Fsp3) is 0.312. The van der Waals surface area contributed by atoms with Gasteiger partial charge in [-0.2, -0.15) is 0 Å². The molecule has 0 saturated carbocycles. The number of anilines is 1. The predicted molar refractivity (Wildman–Crippen MR) is 77.5 cm³/mol. The smallest absolute Gasteiger partial charge is 0.0367 e. The van der Waals surface area contributed by atoms with E-state index in [2.05, 4.69) is 28.1 Å². The summed E-state index contributed by atoms with van der Waals surface area (Å²) >= 11 is 0. The number of nitrogens with zero attached hydrogens (tertiary/aromatic N) is 2. The number of likely N-dealkylation sites (tertiary alicyclic amines) is 1. The highest BCUT2D eigenvalue weighted by atomic mass is 15.2. The number of benzene rings is 1. The molecule has 1 aliphatic heterocycles. The number of rotatable bonds is 3. The molecule has 1 aromatic carbocycles. The minimum Gasteiger partial charge on any atom is -0.398 e. The monoisotopic (exact) mass is 253 g/mol. The first-order valence-electron chi connectivity index (χ1n) is 6.82. The Morgan fingerprint density at radius 2 is 2.11 bits per heavy atom. The van der Waals surface area contributed by atoms with Gasteiger partial charge in [0, 0.05) is 30.7 Å². The largest absolute Gasteiger partial charge is 0.398 e. The summed E-state index contributed by atoms with van der Waals surface area (Å²) in [4.78, 5) is 6.74. The molecule has 3 heteroatoms. The average Bonchev–Trinajstić information content (AvgIpc) is 2.91. The summed E-state index contributed by atoms with van der Waals surface area (Å²) in [5, 5.41) is 0. The lowest BCUT2D eigenvalue weighted by Gasteiger charge is -2.25. The van der Waals surface area contributed by atoms with Crippen molar-refractivity contribution in [2.24, 2.45) is 0 Å². The van der Waals surface area contributed by atoms with Crippen LogP contribution in [0.25, 0.3) is 0 Å². The molecule has 1 aliphatic rings. The number of aromatic nitrogens is 1. The van der Waals surface area contributed by atoms with Crippen molar-refractivity contribution >= 4 is 5.69 Å². The average molecular weight is 253 g/mol. The van der Waals surface area contributed by atoms with Gasteiger partial charge in [-0.3, -0.25) is 9.88 Å². The van der Waals surface area contributed by atoms with Crippen LogP contribution in [0.4, 0.5) is 5.69 Å². The SMILES string of the molecule is Nc1ccccc1CN1CCCC1c1cccnc1. The Labute approximate surface area is 114 Å². The van der Waals surface area contributed by atoms with Gasteiger partial charge in [-0.1, -0.05) is 24.3 Å². The van der Waals surface area contributed by atoms with Gasteiger partial charge in [0.15, 0.2) is 0 Å². The lowest BCUT2D eigenvalue weighted by atomic mass is 10.1. The normalized spacial score (nSPS) is 19.7. The molecular formula is C16H19N3. The molecule has 1 aromatic heterocycles. The Kier molecular flexibility index (Phi) is 3.47. The Morgan fingerprint density at radius 1 is 1.21 bits per heavy atom. The van der Waals surface area contributed by atoms with Crippen LogP contribution in [0.5, 0.6) is 0 Å². The van der Waals surface area contributed by atoms with E-state index in [0.717, 1.165) is 18.8 Å². The van der Waals surface area contributed by atoms with Crippen molar-refractivity contribution in [3.8, 4) is 0 Å². The first-order valence-corrected chi connectivity index (χ1v) is 6.82. The summed E-state index contributed by atoms with van der Waals surface area (Å²) in [6.45, 7) is 2.06. The summed E-state index contributed by atoms with van der Waals surface area (Å²) in [6, 6.07) is 12.8. The Hall–Kier alpha value is -1.87. The summed E-state index contributed by atoms with van der Waals surface area (Å²) in [5.74, 6) is 0. The Bertz CT molecular complexity index is 539. The fourth-order valence-corrected chi connectivity index (χ4v) is 2.86. The van der Waals surface area contributed by atoms with Gasteiger partial charge in [-0.05, 0) is 42.6 Å². The lowest BCUT2D eigenvalue weighted by Crippen LogP contribution is -2.23. The predicted octanol–water partition coefficient (Wildman–Crippen LogP) is 3.00. The van der Waals surface area contributed by atoms with Crippen LogP contribution in [0, 0.1) is 0 Å². The first kappa shape index (κ1) is 12.2. The molecule has 19 heavy (non-hydrogen) atoms. The van der Waals surface area contributed by atoms with Gasteiger partial charge in [0.1, 0.15) is 0 Å². The maximum atomic E-state index is 6.04. The highest BCUT2D eigenvalue weighted by molar-refractivity contribution is 5.46. The number of nitrogens with two attached hydrogens (primary N) is 1. The molecule has 98 valence electrons. The third-order valence-electron chi connectivity index (χ3n) is 3.86. The third-order valence-corrected chi connectivity index (χ3v) is 3.86. The van der Waals surface area contributed by atoms with Crippen molar-refractivity contribution in [3.63, 3.8) is 0 Å². The molecule has 3 nitrogen and oxygen atoms in total. The molecule has 3 rings (SSSR count). The van der Waals surface area contributed by atoms with E-state index >= 15 is 0 Å². The Balaban J connectivity index is 1.79. The van der Waals surface area contributed by atoms with E-state index in [1.165, 1.54) is 24.0 Å². The zero-order chi connectivity index (χ0) is 13.1. The van der Waals surface area contributed by atoms with Gasteiger partial charge < -0.3 is 5.73 Å². The minimum absolute atomic E-state index is 0.480. The van der Waals surface area contributed by atoms with Crippen LogP contribution < -0.4 is 5.73 Å². The molecule has 1 atom stereocenters. The highest BCUT2D eigenvalue weighted by Crippen LogP contribution is 2.33. The molecule has 1 unspecified atom stereocenters. The van der Waals surface area contributed by atoms with Gasteiger partial charge >= 0.3 is 0 Å². The summed E-state index contributed by atoms with van der Waals surface area (Å²) in [6.07, 6.45) is 6.26. The molecule has 1 fully saturated rings. The van der Waals surface area contributed by atoms with Crippen LogP contribution >= 0.6 is 0 Å². The molecule has 0 spiro atoms. The van der Waals surface area contributed by atoms with Crippen LogP contribution in [-0.2, 0) is 6.54 Å². The second-order valence-corrected chi connectivity index (χ2v) is 5.11. The van der Waals surface area contributed by atoms with Gasteiger partial charge in [-0.25, -0.2) is 0 Å². The van der Waals surface area contributed by atoms with Crippen LogP contribution in [-0.4, -0.2) is 16.4 Å². The molecule has 0 aliphatic carbocycles. The van der Waals surface area contributed by atoms with Crippen LogP contribution in [0.2, 0.25) is 0 Å². The molecule has 0 radical (unpaired) electrons. The highest BCUT2D eigenvalue weighted by Gasteiger charge is 2.26. The van der Waals surface area contributed by atoms with E-state index in [4.69, 9.17) is 5.73 Å². The lowest BCUT2D eigenvalue weighted by molar-refractivity contribution is 0.248. The molecule has 0 amide bonds. The van der Waals surface area contributed by atoms with Gasteiger partial charge in [0.05, 0.1) is 0 Å². The second kappa shape index (κ2) is 5.41. The molecule has 0 bridgehead atoms. The summed E-state index contributed by atoms with van der Waals surface area (Å²) in [7, 11) is 0. The number of hydrogen-bond acceptors (Lipinski definition) is 3. The van der Waals surface area contributed by atoms with E-state index in [1.54, 1.807) is 0 Å². The van der Waals surface area contributed by atoms with Gasteiger partial charge in [-0.15, -0.1) is 0 Å². The molecular weight excluding hydrogens is 234 g/mol. The van der Waals surface area contributed by atoms with Gasteiger partial charge in [0.25, 0.3) is 0 Å². The fourth-order valence-electron chi connectivity index (χ4n) is 2.86. The quantitative estimate of drug-likeness (QED) is 0.855. The molecule has 1 saturated heterocycles. The summed E-state index contributed by atoms with van der Waals surface area (Å²) in [5.41, 5.74) is 9.47. The van der Waals surface area contributed by atoms with Gasteiger partial charge in [0.2, 0.25) is 0 Å². The molecule has 2 N–H and O–H groups in total. The number of pyridine rings is 1. The van der Waals surface area contributed by atoms with E-state index in [0.29, 0.717) is 6.04 Å². The van der Waals surface area contributed by atoms with Crippen molar-refractivity contribution in [3.05, 3.63) is 59.9 Å². The summed E-state index contributed by atoms with van der Waals surface area (Å²) < 4.78 is 0. The topological polar surface area (TPSA) is 42.1 Å². The second-order valence-electron chi connectivity index (χ2n) is 5.11. The Morgan fingerprint density at radius 3 is 2.89 bits per heavy atom. The number of hydrogen-bond donors (Lipinski definition) is 1. The van der Waals surface area contributed by atoms with E-state index in [-0.39, 0.29) is 0 Å². The zero-order valence-electron chi connectivity index (χ0n) is 11.0. The van der Waals surface area contributed by atoms with Crippen molar-refractivity contribution < 1.29 is 0 Å². The van der Waals surface area contributed by atoms with Crippen LogP contribution in [0.1, 0.15) is 30.0 Å².